The highest BCUT2D eigenvalue weighted by Gasteiger charge is 2.21. The van der Waals surface area contributed by atoms with Crippen LogP contribution in [-0.2, 0) is 4.79 Å². The maximum absolute atomic E-state index is 10.8. The van der Waals surface area contributed by atoms with Crippen LogP contribution in [0.1, 0.15) is 36.0 Å². The molecule has 16 heavy (non-hydrogen) atoms. The molecule has 1 rings (SSSR count). The third-order valence-corrected chi connectivity index (χ3v) is 2.85. The Hall–Kier alpha value is -1.35. The number of rotatable bonds is 4. The van der Waals surface area contributed by atoms with E-state index in [0.717, 1.165) is 11.1 Å². The first kappa shape index (κ1) is 12.7. The van der Waals surface area contributed by atoms with Gasteiger partial charge in [0.15, 0.2) is 0 Å². The molecule has 0 aliphatic heterocycles. The molecule has 2 atom stereocenters. The Bertz CT molecular complexity index is 386. The zero-order valence-electron chi connectivity index (χ0n) is 10.0. The molecule has 88 valence electrons. The van der Waals surface area contributed by atoms with E-state index in [1.807, 2.05) is 32.9 Å². The highest BCUT2D eigenvalue weighted by atomic mass is 16.4. The number of aliphatic carboxylic acids is 1. The minimum absolute atomic E-state index is 0.0849. The molecule has 3 N–H and O–H groups in total. The lowest BCUT2D eigenvalue weighted by Gasteiger charge is -2.21. The molecule has 0 amide bonds. The van der Waals surface area contributed by atoms with Crippen LogP contribution in [-0.4, -0.2) is 17.1 Å². The molecule has 0 saturated heterocycles. The monoisotopic (exact) mass is 221 g/mol. The van der Waals surface area contributed by atoms with Crippen molar-refractivity contribution in [2.45, 2.75) is 39.2 Å². The maximum atomic E-state index is 10.8. The number of aryl methyl sites for hydroxylation is 2. The molecular formula is C13H19NO2. The van der Waals surface area contributed by atoms with Gasteiger partial charge in [0.1, 0.15) is 0 Å². The standard InChI is InChI=1S/C13H19NO2/c1-8-4-5-11(9(2)6-8)12(10(3)14)7-13(15)16/h4-6,10,12H,7,14H2,1-3H3,(H,15,16). The van der Waals surface area contributed by atoms with Crippen LogP contribution in [0, 0.1) is 13.8 Å². The first-order chi connectivity index (χ1) is 7.41. The van der Waals surface area contributed by atoms with E-state index in [1.54, 1.807) is 0 Å². The molecule has 0 aliphatic rings. The summed E-state index contributed by atoms with van der Waals surface area (Å²) in [6, 6.07) is 5.89. The molecule has 0 bridgehead atoms. The number of carboxylic acid groups (broad SMARTS) is 1. The number of benzene rings is 1. The van der Waals surface area contributed by atoms with Gasteiger partial charge in [-0.2, -0.15) is 0 Å². The molecule has 0 aliphatic carbocycles. The van der Waals surface area contributed by atoms with Gasteiger partial charge in [-0.05, 0) is 31.9 Å². The van der Waals surface area contributed by atoms with Gasteiger partial charge in [0.25, 0.3) is 0 Å². The predicted molar refractivity (Wildman–Crippen MR) is 64.6 cm³/mol. The van der Waals surface area contributed by atoms with Gasteiger partial charge < -0.3 is 10.8 Å². The Kier molecular flexibility index (Phi) is 4.07. The van der Waals surface area contributed by atoms with E-state index >= 15 is 0 Å². The Morgan fingerprint density at radius 1 is 1.44 bits per heavy atom. The third-order valence-electron chi connectivity index (χ3n) is 2.85. The van der Waals surface area contributed by atoms with Crippen LogP contribution in [0.15, 0.2) is 18.2 Å². The largest absolute Gasteiger partial charge is 0.481 e. The Labute approximate surface area is 96.3 Å². The van der Waals surface area contributed by atoms with Crippen molar-refractivity contribution in [3.05, 3.63) is 34.9 Å². The van der Waals surface area contributed by atoms with Crippen molar-refractivity contribution >= 4 is 5.97 Å². The number of nitrogens with two attached hydrogens (primary N) is 1. The van der Waals surface area contributed by atoms with E-state index in [1.165, 1.54) is 5.56 Å². The molecule has 0 spiro atoms. The highest BCUT2D eigenvalue weighted by Crippen LogP contribution is 2.26. The van der Waals surface area contributed by atoms with Gasteiger partial charge in [0.2, 0.25) is 0 Å². The van der Waals surface area contributed by atoms with Crippen LogP contribution in [0.3, 0.4) is 0 Å². The van der Waals surface area contributed by atoms with E-state index < -0.39 is 5.97 Å². The summed E-state index contributed by atoms with van der Waals surface area (Å²) in [4.78, 5) is 10.8. The van der Waals surface area contributed by atoms with Crippen molar-refractivity contribution in [1.29, 1.82) is 0 Å². The summed E-state index contributed by atoms with van der Waals surface area (Å²) in [5.41, 5.74) is 9.20. The average molecular weight is 221 g/mol. The van der Waals surface area contributed by atoms with Crippen LogP contribution in [0.2, 0.25) is 0 Å². The summed E-state index contributed by atoms with van der Waals surface area (Å²) in [6.07, 6.45) is 0.0849. The third kappa shape index (κ3) is 3.07. The topological polar surface area (TPSA) is 63.3 Å². The van der Waals surface area contributed by atoms with E-state index in [9.17, 15) is 4.79 Å². The number of carboxylic acids is 1. The fourth-order valence-corrected chi connectivity index (χ4v) is 2.01. The van der Waals surface area contributed by atoms with Crippen molar-refractivity contribution in [3.8, 4) is 0 Å². The lowest BCUT2D eigenvalue weighted by Crippen LogP contribution is -2.27. The molecule has 3 nitrogen and oxygen atoms in total. The number of hydrogen-bond donors (Lipinski definition) is 2. The second kappa shape index (κ2) is 5.12. The van der Waals surface area contributed by atoms with Gasteiger partial charge in [-0.3, -0.25) is 4.79 Å². The molecular weight excluding hydrogens is 202 g/mol. The molecule has 0 saturated carbocycles. The molecule has 1 aromatic rings. The normalized spacial score (nSPS) is 14.5. The molecule has 0 fully saturated rings. The van der Waals surface area contributed by atoms with E-state index in [4.69, 9.17) is 10.8 Å². The molecule has 3 heteroatoms. The number of hydrogen-bond acceptors (Lipinski definition) is 2. The molecule has 0 radical (unpaired) electrons. The van der Waals surface area contributed by atoms with Gasteiger partial charge in [-0.25, -0.2) is 0 Å². The van der Waals surface area contributed by atoms with Crippen molar-refractivity contribution in [1.82, 2.24) is 0 Å². The summed E-state index contributed by atoms with van der Waals surface area (Å²) in [5, 5.41) is 8.88. The second-order valence-corrected chi connectivity index (χ2v) is 4.42. The van der Waals surface area contributed by atoms with Crippen LogP contribution >= 0.6 is 0 Å². The van der Waals surface area contributed by atoms with Crippen molar-refractivity contribution in [2.24, 2.45) is 5.73 Å². The number of carbonyl (C=O) groups is 1. The van der Waals surface area contributed by atoms with Gasteiger partial charge in [-0.1, -0.05) is 23.8 Å². The van der Waals surface area contributed by atoms with Crippen LogP contribution in [0.25, 0.3) is 0 Å². The van der Waals surface area contributed by atoms with Crippen LogP contribution in [0.5, 0.6) is 0 Å². The van der Waals surface area contributed by atoms with E-state index in [0.29, 0.717) is 0 Å². The fraction of sp³-hybridized carbons (Fsp3) is 0.462. The lowest BCUT2D eigenvalue weighted by molar-refractivity contribution is -0.137. The van der Waals surface area contributed by atoms with Crippen molar-refractivity contribution in [2.75, 3.05) is 0 Å². The molecule has 0 aromatic heterocycles. The minimum Gasteiger partial charge on any atom is -0.481 e. The summed E-state index contributed by atoms with van der Waals surface area (Å²) >= 11 is 0. The smallest absolute Gasteiger partial charge is 0.304 e. The quantitative estimate of drug-likeness (QED) is 0.819. The molecule has 1 aromatic carbocycles. The SMILES string of the molecule is Cc1ccc(C(CC(=O)O)C(C)N)c(C)c1. The summed E-state index contributed by atoms with van der Waals surface area (Å²) < 4.78 is 0. The average Bonchev–Trinajstić information content (AvgIpc) is 2.14. The molecule has 0 heterocycles. The van der Waals surface area contributed by atoms with Crippen molar-refractivity contribution < 1.29 is 9.90 Å². The van der Waals surface area contributed by atoms with Crippen LogP contribution < -0.4 is 5.73 Å². The Morgan fingerprint density at radius 2 is 2.06 bits per heavy atom. The van der Waals surface area contributed by atoms with Gasteiger partial charge >= 0.3 is 5.97 Å². The Morgan fingerprint density at radius 3 is 2.50 bits per heavy atom. The van der Waals surface area contributed by atoms with E-state index in [2.05, 4.69) is 6.07 Å². The minimum atomic E-state index is -0.803. The first-order valence-corrected chi connectivity index (χ1v) is 5.46. The maximum Gasteiger partial charge on any atom is 0.304 e. The van der Waals surface area contributed by atoms with Gasteiger partial charge in [0.05, 0.1) is 6.42 Å². The zero-order valence-corrected chi connectivity index (χ0v) is 10.0. The van der Waals surface area contributed by atoms with E-state index in [-0.39, 0.29) is 18.4 Å². The van der Waals surface area contributed by atoms with Gasteiger partial charge in [0, 0.05) is 12.0 Å². The lowest BCUT2D eigenvalue weighted by atomic mass is 9.86. The predicted octanol–water partition coefficient (Wildman–Crippen LogP) is 2.21. The van der Waals surface area contributed by atoms with Crippen molar-refractivity contribution in [3.63, 3.8) is 0 Å². The Balaban J connectivity index is 3.05. The first-order valence-electron chi connectivity index (χ1n) is 5.46. The highest BCUT2D eigenvalue weighted by molar-refractivity contribution is 5.68. The van der Waals surface area contributed by atoms with Crippen LogP contribution in [0.4, 0.5) is 0 Å². The summed E-state index contributed by atoms with van der Waals surface area (Å²) in [6.45, 7) is 5.88. The zero-order chi connectivity index (χ0) is 12.3. The summed E-state index contributed by atoms with van der Waals surface area (Å²) in [7, 11) is 0. The fourth-order valence-electron chi connectivity index (χ4n) is 2.01. The summed E-state index contributed by atoms with van der Waals surface area (Å²) in [5.74, 6) is -0.916. The second-order valence-electron chi connectivity index (χ2n) is 4.42. The van der Waals surface area contributed by atoms with Gasteiger partial charge in [-0.15, -0.1) is 0 Å². The molecule has 2 unspecified atom stereocenters.